The first-order chi connectivity index (χ1) is 5.00. The van der Waals surface area contributed by atoms with Gasteiger partial charge in [-0.3, -0.25) is 0 Å². The highest BCUT2D eigenvalue weighted by Gasteiger charge is 1.90. The van der Waals surface area contributed by atoms with Crippen molar-refractivity contribution in [2.24, 2.45) is 20.7 Å². The fraction of sp³-hybridized carbons (Fsp3) is 1.00. The molecule has 0 unspecified atom stereocenters. The first kappa shape index (κ1) is 7.31. The van der Waals surface area contributed by atoms with E-state index < -0.39 is 0 Å². The summed E-state index contributed by atoms with van der Waals surface area (Å²) in [7, 11) is 0. The molecule has 0 bridgehead atoms. The molecule has 0 saturated heterocycles. The zero-order valence-electron chi connectivity index (χ0n) is 6.03. The number of nitrogens with zero attached hydrogens (tertiary/aromatic N) is 4. The van der Waals surface area contributed by atoms with Crippen LogP contribution < -0.4 is 0 Å². The molecule has 1 aliphatic rings. The summed E-state index contributed by atoms with van der Waals surface area (Å²) in [5.74, 6) is 0. The molecule has 0 fully saturated rings. The first-order valence-electron chi connectivity index (χ1n) is 3.73. The SMILES string of the molecule is C1CCCN=NN=NCC1. The van der Waals surface area contributed by atoms with E-state index in [-0.39, 0.29) is 0 Å². The van der Waals surface area contributed by atoms with Gasteiger partial charge in [-0.05, 0) is 23.3 Å². The topological polar surface area (TPSA) is 49.4 Å². The van der Waals surface area contributed by atoms with E-state index in [1.807, 2.05) is 0 Å². The summed E-state index contributed by atoms with van der Waals surface area (Å²) >= 11 is 0. The van der Waals surface area contributed by atoms with Crippen LogP contribution in [0.4, 0.5) is 0 Å². The average molecular weight is 140 g/mol. The molecule has 4 heteroatoms. The highest BCUT2D eigenvalue weighted by molar-refractivity contribution is 4.47. The maximum atomic E-state index is 3.80. The Kier molecular flexibility index (Phi) is 3.67. The Morgan fingerprint density at radius 3 is 1.60 bits per heavy atom. The van der Waals surface area contributed by atoms with Crippen molar-refractivity contribution in [2.75, 3.05) is 13.1 Å². The van der Waals surface area contributed by atoms with Gasteiger partial charge < -0.3 is 0 Å². The van der Waals surface area contributed by atoms with Crippen LogP contribution in [0, 0.1) is 0 Å². The van der Waals surface area contributed by atoms with Gasteiger partial charge in [0, 0.05) is 0 Å². The average Bonchev–Trinajstić information content (AvgIpc) is 2.01. The van der Waals surface area contributed by atoms with Crippen LogP contribution >= 0.6 is 0 Å². The molecule has 1 heterocycles. The minimum atomic E-state index is 0.805. The lowest BCUT2D eigenvalue weighted by Crippen LogP contribution is -1.85. The van der Waals surface area contributed by atoms with Gasteiger partial charge in [0.25, 0.3) is 0 Å². The van der Waals surface area contributed by atoms with E-state index in [0.29, 0.717) is 0 Å². The van der Waals surface area contributed by atoms with Crippen LogP contribution in [0.1, 0.15) is 25.7 Å². The van der Waals surface area contributed by atoms with E-state index in [1.54, 1.807) is 0 Å². The Labute approximate surface area is 60.4 Å². The van der Waals surface area contributed by atoms with E-state index in [9.17, 15) is 0 Å². The summed E-state index contributed by atoms with van der Waals surface area (Å²) in [5, 5.41) is 14.6. The van der Waals surface area contributed by atoms with E-state index in [2.05, 4.69) is 20.7 Å². The Morgan fingerprint density at radius 1 is 0.600 bits per heavy atom. The number of rotatable bonds is 0. The molecule has 0 aliphatic carbocycles. The van der Waals surface area contributed by atoms with Gasteiger partial charge in [-0.25, -0.2) is 0 Å². The van der Waals surface area contributed by atoms with E-state index in [1.165, 1.54) is 12.8 Å². The molecule has 0 amide bonds. The molecular weight excluding hydrogens is 128 g/mol. The van der Waals surface area contributed by atoms with Crippen molar-refractivity contribution in [1.29, 1.82) is 0 Å². The van der Waals surface area contributed by atoms with Crippen molar-refractivity contribution in [3.8, 4) is 0 Å². The van der Waals surface area contributed by atoms with Crippen LogP contribution in [0.25, 0.3) is 0 Å². The lowest BCUT2D eigenvalue weighted by atomic mass is 10.2. The molecule has 1 rings (SSSR count). The van der Waals surface area contributed by atoms with Crippen molar-refractivity contribution in [3.63, 3.8) is 0 Å². The standard InChI is InChI=1S/C6H12N4/c1-2-4-6-8-10-9-7-5-3-1/h1-6H2. The van der Waals surface area contributed by atoms with Crippen molar-refractivity contribution in [3.05, 3.63) is 0 Å². The minimum absolute atomic E-state index is 0.805. The molecule has 0 radical (unpaired) electrons. The molecule has 0 aromatic heterocycles. The fourth-order valence-corrected chi connectivity index (χ4v) is 0.865. The Bertz CT molecular complexity index is 114. The summed E-state index contributed by atoms with van der Waals surface area (Å²) < 4.78 is 0. The van der Waals surface area contributed by atoms with Crippen LogP contribution in [-0.4, -0.2) is 13.1 Å². The quantitative estimate of drug-likeness (QED) is 0.496. The molecule has 0 aromatic carbocycles. The van der Waals surface area contributed by atoms with Gasteiger partial charge in [0.05, 0.1) is 13.1 Å². The second kappa shape index (κ2) is 5.02. The van der Waals surface area contributed by atoms with Gasteiger partial charge in [0.15, 0.2) is 0 Å². The van der Waals surface area contributed by atoms with Crippen LogP contribution in [0.3, 0.4) is 0 Å². The zero-order valence-corrected chi connectivity index (χ0v) is 6.03. The van der Waals surface area contributed by atoms with E-state index in [0.717, 1.165) is 25.9 Å². The lowest BCUT2D eigenvalue weighted by Gasteiger charge is -1.96. The zero-order chi connectivity index (χ0) is 7.07. The molecule has 0 atom stereocenters. The Morgan fingerprint density at radius 2 is 1.10 bits per heavy atom. The second-order valence-corrected chi connectivity index (χ2v) is 2.32. The van der Waals surface area contributed by atoms with Crippen molar-refractivity contribution in [1.82, 2.24) is 0 Å². The summed E-state index contributed by atoms with van der Waals surface area (Å²) in [4.78, 5) is 0. The minimum Gasteiger partial charge on any atom is -0.167 e. The molecule has 4 nitrogen and oxygen atoms in total. The van der Waals surface area contributed by atoms with Gasteiger partial charge in [0.2, 0.25) is 0 Å². The van der Waals surface area contributed by atoms with Crippen molar-refractivity contribution >= 4 is 0 Å². The van der Waals surface area contributed by atoms with E-state index in [4.69, 9.17) is 0 Å². The summed E-state index contributed by atoms with van der Waals surface area (Å²) in [6.45, 7) is 1.61. The Hall–Kier alpha value is -0.800. The predicted molar refractivity (Wildman–Crippen MR) is 37.9 cm³/mol. The van der Waals surface area contributed by atoms with Crippen LogP contribution in [0.5, 0.6) is 0 Å². The molecule has 1 aliphatic heterocycles. The highest BCUT2D eigenvalue weighted by Crippen LogP contribution is 2.02. The van der Waals surface area contributed by atoms with Gasteiger partial charge in [0.1, 0.15) is 0 Å². The summed E-state index contributed by atoms with van der Waals surface area (Å²) in [6, 6.07) is 0. The van der Waals surface area contributed by atoms with Gasteiger partial charge in [-0.15, -0.1) is 0 Å². The van der Waals surface area contributed by atoms with E-state index >= 15 is 0 Å². The summed E-state index contributed by atoms with van der Waals surface area (Å²) in [6.07, 6.45) is 4.76. The number of hydrogen-bond acceptors (Lipinski definition) is 4. The maximum Gasteiger partial charge on any atom is 0.0621 e. The monoisotopic (exact) mass is 140 g/mol. The van der Waals surface area contributed by atoms with Gasteiger partial charge >= 0.3 is 0 Å². The molecule has 0 aromatic rings. The number of hydrogen-bond donors (Lipinski definition) is 0. The Balaban J connectivity index is 2.26. The van der Waals surface area contributed by atoms with Crippen LogP contribution in [0.2, 0.25) is 0 Å². The van der Waals surface area contributed by atoms with Crippen LogP contribution in [-0.2, 0) is 0 Å². The summed E-state index contributed by atoms with van der Waals surface area (Å²) in [5.41, 5.74) is 0. The third-order valence-corrected chi connectivity index (χ3v) is 1.43. The largest absolute Gasteiger partial charge is 0.167 e. The van der Waals surface area contributed by atoms with Crippen molar-refractivity contribution in [2.45, 2.75) is 25.7 Å². The first-order valence-corrected chi connectivity index (χ1v) is 3.73. The highest BCUT2D eigenvalue weighted by atomic mass is 15.5. The predicted octanol–water partition coefficient (Wildman–Crippen LogP) is 2.38. The van der Waals surface area contributed by atoms with Crippen LogP contribution in [0.15, 0.2) is 20.7 Å². The molecule has 10 heavy (non-hydrogen) atoms. The normalized spacial score (nSPS) is 20.8. The molecule has 0 saturated carbocycles. The smallest absolute Gasteiger partial charge is 0.0621 e. The third kappa shape index (κ3) is 3.27. The molecular formula is C6H12N4. The van der Waals surface area contributed by atoms with Crippen molar-refractivity contribution < 1.29 is 0 Å². The fourth-order valence-electron chi connectivity index (χ4n) is 0.865. The third-order valence-electron chi connectivity index (χ3n) is 1.43. The lowest BCUT2D eigenvalue weighted by molar-refractivity contribution is 0.614. The molecule has 0 N–H and O–H groups in total. The second-order valence-electron chi connectivity index (χ2n) is 2.32. The molecule has 56 valence electrons. The van der Waals surface area contributed by atoms with Gasteiger partial charge in [-0.1, -0.05) is 12.8 Å². The maximum absolute atomic E-state index is 3.80. The van der Waals surface area contributed by atoms with Gasteiger partial charge in [-0.2, -0.15) is 10.2 Å². The molecule has 0 spiro atoms.